The van der Waals surface area contributed by atoms with Crippen LogP contribution in [0.3, 0.4) is 0 Å². The van der Waals surface area contributed by atoms with Crippen molar-refractivity contribution in [1.29, 1.82) is 0 Å². The molecule has 1 saturated heterocycles. The summed E-state index contributed by atoms with van der Waals surface area (Å²) in [6.07, 6.45) is 2.33. The summed E-state index contributed by atoms with van der Waals surface area (Å²) < 4.78 is 32.6. The SMILES string of the molecule is CCC(NS(=O)(=O)c1ccc(C)cc1)C(=O)NCC1CCCO1. The lowest BCUT2D eigenvalue weighted by molar-refractivity contribution is -0.123. The van der Waals surface area contributed by atoms with E-state index in [4.69, 9.17) is 4.74 Å². The zero-order valence-electron chi connectivity index (χ0n) is 13.5. The Morgan fingerprint density at radius 3 is 2.61 bits per heavy atom. The molecule has 23 heavy (non-hydrogen) atoms. The number of aryl methyl sites for hydroxylation is 1. The highest BCUT2D eigenvalue weighted by Gasteiger charge is 2.25. The average molecular weight is 340 g/mol. The van der Waals surface area contributed by atoms with E-state index in [9.17, 15) is 13.2 Å². The van der Waals surface area contributed by atoms with Crippen LogP contribution in [0.25, 0.3) is 0 Å². The van der Waals surface area contributed by atoms with E-state index >= 15 is 0 Å². The Bertz CT molecular complexity index is 622. The molecule has 0 radical (unpaired) electrons. The second-order valence-electron chi connectivity index (χ2n) is 5.78. The molecule has 2 unspecified atom stereocenters. The smallest absolute Gasteiger partial charge is 0.241 e. The fraction of sp³-hybridized carbons (Fsp3) is 0.562. The molecule has 0 bridgehead atoms. The maximum atomic E-state index is 12.4. The van der Waals surface area contributed by atoms with Gasteiger partial charge in [-0.25, -0.2) is 8.42 Å². The number of hydrogen-bond donors (Lipinski definition) is 2. The van der Waals surface area contributed by atoms with Crippen LogP contribution in [-0.2, 0) is 19.6 Å². The Morgan fingerprint density at radius 2 is 2.04 bits per heavy atom. The minimum atomic E-state index is -3.71. The van der Waals surface area contributed by atoms with Gasteiger partial charge in [0.05, 0.1) is 11.0 Å². The molecule has 0 spiro atoms. The first-order valence-corrected chi connectivity index (χ1v) is 9.39. The molecule has 2 rings (SSSR count). The van der Waals surface area contributed by atoms with Gasteiger partial charge in [0.25, 0.3) is 0 Å². The molecule has 1 fully saturated rings. The predicted octanol–water partition coefficient (Wildman–Crippen LogP) is 1.35. The van der Waals surface area contributed by atoms with E-state index in [1.54, 1.807) is 19.1 Å². The van der Waals surface area contributed by atoms with Crippen molar-refractivity contribution in [3.63, 3.8) is 0 Å². The van der Waals surface area contributed by atoms with E-state index in [1.807, 2.05) is 6.92 Å². The third kappa shape index (κ3) is 5.02. The average Bonchev–Trinajstić information content (AvgIpc) is 3.04. The van der Waals surface area contributed by atoms with Gasteiger partial charge in [-0.1, -0.05) is 24.6 Å². The molecule has 0 saturated carbocycles. The van der Waals surface area contributed by atoms with Gasteiger partial charge < -0.3 is 10.1 Å². The molecule has 2 atom stereocenters. The maximum Gasteiger partial charge on any atom is 0.241 e. The van der Waals surface area contributed by atoms with E-state index in [2.05, 4.69) is 10.0 Å². The first-order chi connectivity index (χ1) is 10.9. The van der Waals surface area contributed by atoms with Crippen molar-refractivity contribution in [2.24, 2.45) is 0 Å². The highest BCUT2D eigenvalue weighted by molar-refractivity contribution is 7.89. The summed E-state index contributed by atoms with van der Waals surface area (Å²) in [5.41, 5.74) is 0.977. The molecule has 128 valence electrons. The second kappa shape index (κ2) is 7.90. The van der Waals surface area contributed by atoms with Gasteiger partial charge in [-0.3, -0.25) is 4.79 Å². The Balaban J connectivity index is 1.96. The first-order valence-electron chi connectivity index (χ1n) is 7.90. The standard InChI is InChI=1S/C16H24N2O4S/c1-3-15(16(19)17-11-13-5-4-10-22-13)18-23(20,21)14-8-6-12(2)7-9-14/h6-9,13,15,18H,3-5,10-11H2,1-2H3,(H,17,19). The van der Waals surface area contributed by atoms with E-state index in [0.717, 1.165) is 25.0 Å². The predicted molar refractivity (Wildman–Crippen MR) is 87.6 cm³/mol. The topological polar surface area (TPSA) is 84.5 Å². The normalized spacial score (nSPS) is 19.5. The van der Waals surface area contributed by atoms with Gasteiger partial charge >= 0.3 is 0 Å². The molecule has 1 amide bonds. The summed E-state index contributed by atoms with van der Waals surface area (Å²) in [6.45, 7) is 4.80. The van der Waals surface area contributed by atoms with Crippen LogP contribution >= 0.6 is 0 Å². The van der Waals surface area contributed by atoms with Crippen LogP contribution in [0.5, 0.6) is 0 Å². The highest BCUT2D eigenvalue weighted by Crippen LogP contribution is 2.12. The van der Waals surface area contributed by atoms with Crippen molar-refractivity contribution in [2.45, 2.75) is 50.2 Å². The molecule has 1 aromatic carbocycles. The van der Waals surface area contributed by atoms with Crippen molar-refractivity contribution in [3.05, 3.63) is 29.8 Å². The number of nitrogens with one attached hydrogen (secondary N) is 2. The van der Waals surface area contributed by atoms with E-state index in [1.165, 1.54) is 12.1 Å². The summed E-state index contributed by atoms with van der Waals surface area (Å²) >= 11 is 0. The van der Waals surface area contributed by atoms with Crippen LogP contribution in [0.2, 0.25) is 0 Å². The van der Waals surface area contributed by atoms with Gasteiger partial charge in [0.2, 0.25) is 15.9 Å². The molecule has 0 aliphatic carbocycles. The number of sulfonamides is 1. The van der Waals surface area contributed by atoms with Crippen molar-refractivity contribution in [3.8, 4) is 0 Å². The molecule has 6 nitrogen and oxygen atoms in total. The van der Waals surface area contributed by atoms with Gasteiger partial charge in [0.1, 0.15) is 6.04 Å². The van der Waals surface area contributed by atoms with Crippen LogP contribution in [0, 0.1) is 6.92 Å². The fourth-order valence-electron chi connectivity index (χ4n) is 2.44. The number of ether oxygens (including phenoxy) is 1. The van der Waals surface area contributed by atoms with Crippen molar-refractivity contribution in [2.75, 3.05) is 13.2 Å². The summed E-state index contributed by atoms with van der Waals surface area (Å²) in [5.74, 6) is -0.321. The van der Waals surface area contributed by atoms with Crippen molar-refractivity contribution in [1.82, 2.24) is 10.0 Å². The Hall–Kier alpha value is -1.44. The van der Waals surface area contributed by atoms with Gasteiger partial charge in [-0.05, 0) is 38.3 Å². The third-order valence-electron chi connectivity index (χ3n) is 3.88. The zero-order chi connectivity index (χ0) is 16.9. The molecule has 1 heterocycles. The van der Waals surface area contributed by atoms with Gasteiger partial charge in [0, 0.05) is 13.2 Å². The molecular weight excluding hydrogens is 316 g/mol. The molecule has 1 aliphatic heterocycles. The van der Waals surface area contributed by atoms with Gasteiger partial charge in [0.15, 0.2) is 0 Å². The summed E-state index contributed by atoms with van der Waals surface area (Å²) in [6, 6.07) is 5.74. The fourth-order valence-corrected chi connectivity index (χ4v) is 3.72. The lowest BCUT2D eigenvalue weighted by Gasteiger charge is -2.18. The molecule has 1 aromatic rings. The number of amides is 1. The number of rotatable bonds is 7. The minimum absolute atomic E-state index is 0.0326. The van der Waals surface area contributed by atoms with Crippen molar-refractivity contribution >= 4 is 15.9 Å². The number of carbonyl (C=O) groups is 1. The zero-order valence-corrected chi connectivity index (χ0v) is 14.4. The Morgan fingerprint density at radius 1 is 1.35 bits per heavy atom. The van der Waals surface area contributed by atoms with Gasteiger partial charge in [-0.15, -0.1) is 0 Å². The molecule has 0 aromatic heterocycles. The third-order valence-corrected chi connectivity index (χ3v) is 5.37. The van der Waals surface area contributed by atoms with Crippen molar-refractivity contribution < 1.29 is 17.9 Å². The van der Waals surface area contributed by atoms with Crippen LogP contribution in [-0.4, -0.2) is 39.6 Å². The summed E-state index contributed by atoms with van der Waals surface area (Å²) in [5, 5.41) is 2.77. The molecule has 7 heteroatoms. The van der Waals surface area contributed by atoms with E-state index in [-0.39, 0.29) is 16.9 Å². The van der Waals surface area contributed by atoms with Crippen LogP contribution in [0.1, 0.15) is 31.7 Å². The molecule has 1 aliphatic rings. The monoisotopic (exact) mass is 340 g/mol. The summed E-state index contributed by atoms with van der Waals surface area (Å²) in [7, 11) is -3.71. The lowest BCUT2D eigenvalue weighted by Crippen LogP contribution is -2.47. The largest absolute Gasteiger partial charge is 0.376 e. The highest BCUT2D eigenvalue weighted by atomic mass is 32.2. The Kier molecular flexibility index (Phi) is 6.15. The first kappa shape index (κ1) is 17.9. The van der Waals surface area contributed by atoms with Gasteiger partial charge in [-0.2, -0.15) is 4.72 Å². The number of benzene rings is 1. The number of hydrogen-bond acceptors (Lipinski definition) is 4. The van der Waals surface area contributed by atoms with Crippen LogP contribution in [0.15, 0.2) is 29.2 Å². The minimum Gasteiger partial charge on any atom is -0.376 e. The Labute approximate surface area is 137 Å². The van der Waals surface area contributed by atoms with E-state index < -0.39 is 16.1 Å². The molecular formula is C16H24N2O4S. The lowest BCUT2D eigenvalue weighted by atomic mass is 10.2. The summed E-state index contributed by atoms with van der Waals surface area (Å²) in [4.78, 5) is 12.4. The van der Waals surface area contributed by atoms with Crippen LogP contribution < -0.4 is 10.0 Å². The molecule has 2 N–H and O–H groups in total. The quantitative estimate of drug-likeness (QED) is 0.785. The number of carbonyl (C=O) groups excluding carboxylic acids is 1. The second-order valence-corrected chi connectivity index (χ2v) is 7.49. The maximum absolute atomic E-state index is 12.4. The van der Waals surface area contributed by atoms with Crippen LogP contribution in [0.4, 0.5) is 0 Å². The van der Waals surface area contributed by atoms with E-state index in [0.29, 0.717) is 13.0 Å².